The van der Waals surface area contributed by atoms with Crippen molar-refractivity contribution in [1.82, 2.24) is 9.88 Å². The zero-order valence-corrected chi connectivity index (χ0v) is 12.6. The number of nitrogens with zero attached hydrogens (tertiary/aromatic N) is 2. The van der Waals surface area contributed by atoms with E-state index in [1.807, 2.05) is 23.6 Å². The average Bonchev–Trinajstić information content (AvgIpc) is 3.24. The Morgan fingerprint density at radius 1 is 1.33 bits per heavy atom. The number of rotatable bonds is 6. The first-order valence-electron chi connectivity index (χ1n) is 7.18. The van der Waals surface area contributed by atoms with Crippen molar-refractivity contribution in [2.45, 2.75) is 25.3 Å². The van der Waals surface area contributed by atoms with Gasteiger partial charge in [0, 0.05) is 24.4 Å². The van der Waals surface area contributed by atoms with Crippen LogP contribution in [0, 0.1) is 0 Å². The standard InChI is InChI=1S/C16H18N2O2S/c19-9-8-18(13-6-7-13)16(20)14-11-21-15(17-14)10-12-4-2-1-3-5-12/h1-5,11,13,19H,6-10H2. The molecule has 5 heteroatoms. The molecule has 0 saturated heterocycles. The van der Waals surface area contributed by atoms with Crippen molar-refractivity contribution in [2.75, 3.05) is 13.2 Å². The number of carbonyl (C=O) groups is 1. The quantitative estimate of drug-likeness (QED) is 0.891. The van der Waals surface area contributed by atoms with Crippen molar-refractivity contribution in [3.05, 3.63) is 52.0 Å². The summed E-state index contributed by atoms with van der Waals surface area (Å²) in [5.41, 5.74) is 1.70. The van der Waals surface area contributed by atoms with Gasteiger partial charge in [-0.25, -0.2) is 4.98 Å². The van der Waals surface area contributed by atoms with Crippen LogP contribution in [0.15, 0.2) is 35.7 Å². The van der Waals surface area contributed by atoms with Gasteiger partial charge in [-0.05, 0) is 18.4 Å². The Labute approximate surface area is 128 Å². The van der Waals surface area contributed by atoms with Crippen LogP contribution < -0.4 is 0 Å². The number of aliphatic hydroxyl groups is 1. The number of hydrogen-bond donors (Lipinski definition) is 1. The van der Waals surface area contributed by atoms with Crippen LogP contribution in [0.1, 0.15) is 33.9 Å². The molecule has 1 amide bonds. The first-order valence-corrected chi connectivity index (χ1v) is 8.06. The van der Waals surface area contributed by atoms with Gasteiger partial charge in [0.05, 0.1) is 11.6 Å². The molecule has 3 rings (SSSR count). The highest BCUT2D eigenvalue weighted by molar-refractivity contribution is 7.09. The maximum Gasteiger partial charge on any atom is 0.273 e. The highest BCUT2D eigenvalue weighted by Crippen LogP contribution is 2.28. The SMILES string of the molecule is O=C(c1csc(Cc2ccccc2)n1)N(CCO)C1CC1. The summed E-state index contributed by atoms with van der Waals surface area (Å²) < 4.78 is 0. The van der Waals surface area contributed by atoms with Gasteiger partial charge in [-0.2, -0.15) is 0 Å². The number of thiazole rings is 1. The van der Waals surface area contributed by atoms with Crippen LogP contribution in [0.25, 0.3) is 0 Å². The molecule has 1 fully saturated rings. The van der Waals surface area contributed by atoms with Gasteiger partial charge < -0.3 is 10.0 Å². The number of hydrogen-bond acceptors (Lipinski definition) is 4. The molecule has 0 spiro atoms. The molecule has 0 unspecified atom stereocenters. The van der Waals surface area contributed by atoms with Crippen LogP contribution in [0.4, 0.5) is 0 Å². The van der Waals surface area contributed by atoms with Gasteiger partial charge >= 0.3 is 0 Å². The first kappa shape index (κ1) is 14.2. The highest BCUT2D eigenvalue weighted by Gasteiger charge is 2.33. The van der Waals surface area contributed by atoms with E-state index in [0.717, 1.165) is 24.3 Å². The second-order valence-electron chi connectivity index (χ2n) is 5.24. The van der Waals surface area contributed by atoms with E-state index in [1.54, 1.807) is 4.90 Å². The molecule has 0 bridgehead atoms. The molecule has 1 N–H and O–H groups in total. The monoisotopic (exact) mass is 302 g/mol. The molecule has 21 heavy (non-hydrogen) atoms. The van der Waals surface area contributed by atoms with E-state index in [2.05, 4.69) is 17.1 Å². The van der Waals surface area contributed by atoms with E-state index in [1.165, 1.54) is 16.9 Å². The zero-order chi connectivity index (χ0) is 14.7. The van der Waals surface area contributed by atoms with Gasteiger partial charge in [-0.3, -0.25) is 4.79 Å². The second kappa shape index (κ2) is 6.37. The van der Waals surface area contributed by atoms with E-state index in [0.29, 0.717) is 18.3 Å². The van der Waals surface area contributed by atoms with Crippen molar-refractivity contribution in [2.24, 2.45) is 0 Å². The molecule has 1 aliphatic carbocycles. The minimum absolute atomic E-state index is 0.00322. The third kappa shape index (κ3) is 3.49. The largest absolute Gasteiger partial charge is 0.395 e. The number of benzene rings is 1. The molecule has 0 atom stereocenters. The van der Waals surface area contributed by atoms with Crippen molar-refractivity contribution < 1.29 is 9.90 Å². The Morgan fingerprint density at radius 3 is 2.76 bits per heavy atom. The number of aliphatic hydroxyl groups excluding tert-OH is 1. The normalized spacial score (nSPS) is 14.1. The Bertz CT molecular complexity index is 608. The summed E-state index contributed by atoms with van der Waals surface area (Å²) in [6.45, 7) is 0.401. The third-order valence-electron chi connectivity index (χ3n) is 3.56. The van der Waals surface area contributed by atoms with E-state index >= 15 is 0 Å². The smallest absolute Gasteiger partial charge is 0.273 e. The van der Waals surface area contributed by atoms with Crippen molar-refractivity contribution in [3.63, 3.8) is 0 Å². The van der Waals surface area contributed by atoms with Gasteiger partial charge in [0.15, 0.2) is 0 Å². The van der Waals surface area contributed by atoms with Crippen molar-refractivity contribution in [1.29, 1.82) is 0 Å². The van der Waals surface area contributed by atoms with Crippen LogP contribution >= 0.6 is 11.3 Å². The van der Waals surface area contributed by atoms with E-state index in [4.69, 9.17) is 5.11 Å². The first-order chi connectivity index (χ1) is 10.3. The molecule has 1 heterocycles. The molecular formula is C16H18N2O2S. The van der Waals surface area contributed by atoms with Gasteiger partial charge in [-0.1, -0.05) is 30.3 Å². The van der Waals surface area contributed by atoms with E-state index in [9.17, 15) is 4.79 Å². The molecule has 0 aliphatic heterocycles. The van der Waals surface area contributed by atoms with Crippen LogP contribution in [0.2, 0.25) is 0 Å². The highest BCUT2D eigenvalue weighted by atomic mass is 32.1. The summed E-state index contributed by atoms with van der Waals surface area (Å²) in [5.74, 6) is -0.0536. The molecule has 2 aromatic rings. The lowest BCUT2D eigenvalue weighted by molar-refractivity contribution is 0.0702. The van der Waals surface area contributed by atoms with Gasteiger partial charge in [-0.15, -0.1) is 11.3 Å². The average molecular weight is 302 g/mol. The molecule has 1 aromatic carbocycles. The zero-order valence-electron chi connectivity index (χ0n) is 11.7. The molecule has 1 aliphatic rings. The predicted octanol–water partition coefficient (Wildman–Crippen LogP) is 2.33. The summed E-state index contributed by atoms with van der Waals surface area (Å²) in [7, 11) is 0. The molecule has 0 radical (unpaired) electrons. The molecule has 1 aromatic heterocycles. The fraction of sp³-hybridized carbons (Fsp3) is 0.375. The Morgan fingerprint density at radius 2 is 2.10 bits per heavy atom. The summed E-state index contributed by atoms with van der Waals surface area (Å²) in [5, 5.41) is 11.9. The molecule has 4 nitrogen and oxygen atoms in total. The molecule has 1 saturated carbocycles. The van der Waals surface area contributed by atoms with Crippen molar-refractivity contribution >= 4 is 17.2 Å². The van der Waals surface area contributed by atoms with Crippen LogP contribution in [-0.2, 0) is 6.42 Å². The van der Waals surface area contributed by atoms with Crippen LogP contribution in [0.5, 0.6) is 0 Å². The Kier molecular flexibility index (Phi) is 4.31. The predicted molar refractivity (Wildman–Crippen MR) is 82.5 cm³/mol. The van der Waals surface area contributed by atoms with E-state index in [-0.39, 0.29) is 12.5 Å². The summed E-state index contributed by atoms with van der Waals surface area (Å²) >= 11 is 1.52. The van der Waals surface area contributed by atoms with Gasteiger partial charge in [0.25, 0.3) is 5.91 Å². The molecule has 110 valence electrons. The minimum atomic E-state index is -0.0536. The fourth-order valence-electron chi connectivity index (χ4n) is 2.35. The van der Waals surface area contributed by atoms with Crippen LogP contribution in [-0.4, -0.2) is 40.1 Å². The van der Waals surface area contributed by atoms with E-state index < -0.39 is 0 Å². The lowest BCUT2D eigenvalue weighted by Crippen LogP contribution is -2.35. The number of carbonyl (C=O) groups excluding carboxylic acids is 1. The fourth-order valence-corrected chi connectivity index (χ4v) is 3.15. The summed E-state index contributed by atoms with van der Waals surface area (Å²) in [4.78, 5) is 18.7. The summed E-state index contributed by atoms with van der Waals surface area (Å²) in [6.07, 6.45) is 2.82. The summed E-state index contributed by atoms with van der Waals surface area (Å²) in [6, 6.07) is 10.4. The number of amides is 1. The van der Waals surface area contributed by atoms with Crippen molar-refractivity contribution in [3.8, 4) is 0 Å². The maximum atomic E-state index is 12.4. The lowest BCUT2D eigenvalue weighted by Gasteiger charge is -2.19. The van der Waals surface area contributed by atoms with Gasteiger partial charge in [0.1, 0.15) is 5.69 Å². The lowest BCUT2D eigenvalue weighted by atomic mass is 10.2. The van der Waals surface area contributed by atoms with Crippen LogP contribution in [0.3, 0.4) is 0 Å². The third-order valence-corrected chi connectivity index (χ3v) is 4.41. The molecular weight excluding hydrogens is 284 g/mol. The Balaban J connectivity index is 1.70. The minimum Gasteiger partial charge on any atom is -0.395 e. The topological polar surface area (TPSA) is 53.4 Å². The number of aromatic nitrogens is 1. The second-order valence-corrected chi connectivity index (χ2v) is 6.18. The van der Waals surface area contributed by atoms with Gasteiger partial charge in [0.2, 0.25) is 0 Å². The maximum absolute atomic E-state index is 12.4. The Hall–Kier alpha value is -1.72.